The van der Waals surface area contributed by atoms with Crippen LogP contribution in [0.4, 0.5) is 0 Å². The molecule has 5 rings (SSSR count). The number of aliphatic hydroxyl groups excluding tert-OH is 1. The zero-order valence-electron chi connectivity index (χ0n) is 23.8. The molecule has 1 aromatic heterocycles. The maximum atomic E-state index is 11.9. The molecule has 2 saturated heterocycles. The van der Waals surface area contributed by atoms with Crippen LogP contribution in [0.3, 0.4) is 0 Å². The standard InChI is InChI=1S/C32H42N4O3S/c1-23-26(7-3-9-28(23)31-34-22-25(40-31)21-33-15-19-37)27-8-4-10-29(24(27)2)39-20-6-16-36-17-13-32(14-18-36)12-5-11-30(38)35-32/h3-4,7-10,22,33,37H,5-6,11-21H2,1-2H3,(H,35,38). The first-order valence-electron chi connectivity index (χ1n) is 14.6. The molecule has 1 amide bonds. The summed E-state index contributed by atoms with van der Waals surface area (Å²) in [5.41, 5.74) is 5.96. The molecule has 40 heavy (non-hydrogen) atoms. The van der Waals surface area contributed by atoms with Crippen molar-refractivity contribution in [2.75, 3.05) is 39.4 Å². The molecule has 214 valence electrons. The normalized spacial score (nSPS) is 17.2. The van der Waals surface area contributed by atoms with Gasteiger partial charge in [0.1, 0.15) is 10.8 Å². The van der Waals surface area contributed by atoms with Crippen LogP contribution < -0.4 is 15.4 Å². The second-order valence-electron chi connectivity index (χ2n) is 11.2. The minimum atomic E-state index is 0.0503. The Hall–Kier alpha value is -2.78. The quantitative estimate of drug-likeness (QED) is 0.283. The van der Waals surface area contributed by atoms with Gasteiger partial charge in [-0.15, -0.1) is 11.3 Å². The molecule has 8 heteroatoms. The van der Waals surface area contributed by atoms with Crippen LogP contribution in [-0.2, 0) is 11.3 Å². The zero-order valence-corrected chi connectivity index (χ0v) is 24.6. The highest BCUT2D eigenvalue weighted by molar-refractivity contribution is 7.15. The second kappa shape index (κ2) is 13.3. The lowest BCUT2D eigenvalue weighted by atomic mass is 9.80. The van der Waals surface area contributed by atoms with Crippen LogP contribution in [0.2, 0.25) is 0 Å². The van der Waals surface area contributed by atoms with E-state index in [4.69, 9.17) is 9.84 Å². The maximum absolute atomic E-state index is 11.9. The first-order chi connectivity index (χ1) is 19.5. The molecule has 7 nitrogen and oxygen atoms in total. The third-order valence-corrected chi connectivity index (χ3v) is 9.46. The summed E-state index contributed by atoms with van der Waals surface area (Å²) >= 11 is 1.69. The Morgan fingerprint density at radius 3 is 2.60 bits per heavy atom. The third-order valence-electron chi connectivity index (χ3n) is 8.43. The number of carbonyl (C=O) groups is 1. The van der Waals surface area contributed by atoms with Gasteiger partial charge in [0.15, 0.2) is 0 Å². The number of likely N-dealkylation sites (tertiary alicyclic amines) is 1. The molecule has 0 unspecified atom stereocenters. The highest BCUT2D eigenvalue weighted by Crippen LogP contribution is 2.37. The number of hydrogen-bond acceptors (Lipinski definition) is 7. The summed E-state index contributed by atoms with van der Waals surface area (Å²) in [4.78, 5) is 20.3. The summed E-state index contributed by atoms with van der Waals surface area (Å²) in [7, 11) is 0. The van der Waals surface area contributed by atoms with Crippen LogP contribution in [-0.4, -0.2) is 65.8 Å². The first-order valence-corrected chi connectivity index (χ1v) is 15.4. The lowest BCUT2D eigenvalue weighted by Gasteiger charge is -2.44. The van der Waals surface area contributed by atoms with Gasteiger partial charge in [-0.05, 0) is 74.3 Å². The Labute approximate surface area is 242 Å². The predicted octanol–water partition coefficient (Wildman–Crippen LogP) is 5.08. The van der Waals surface area contributed by atoms with Crippen molar-refractivity contribution in [3.8, 4) is 27.4 Å². The SMILES string of the molecule is Cc1c(OCCCN2CCC3(CCCC(=O)N3)CC2)cccc1-c1cccc(-c2ncc(CNCCO)s2)c1C. The topological polar surface area (TPSA) is 86.7 Å². The molecule has 0 saturated carbocycles. The molecule has 2 fully saturated rings. The molecule has 3 heterocycles. The van der Waals surface area contributed by atoms with Gasteiger partial charge in [-0.1, -0.05) is 30.3 Å². The van der Waals surface area contributed by atoms with Gasteiger partial charge in [0.05, 0.1) is 13.2 Å². The van der Waals surface area contributed by atoms with Crippen molar-refractivity contribution in [1.82, 2.24) is 20.5 Å². The average molecular weight is 563 g/mol. The highest BCUT2D eigenvalue weighted by Gasteiger charge is 2.37. The van der Waals surface area contributed by atoms with Crippen molar-refractivity contribution in [3.05, 3.63) is 58.6 Å². The lowest BCUT2D eigenvalue weighted by Crippen LogP contribution is -2.57. The number of amides is 1. The summed E-state index contributed by atoms with van der Waals surface area (Å²) in [5, 5.41) is 16.5. The molecular weight excluding hydrogens is 520 g/mol. The molecule has 2 aliphatic rings. The molecule has 2 aromatic carbocycles. The lowest BCUT2D eigenvalue weighted by molar-refractivity contribution is -0.126. The first kappa shape index (κ1) is 28.7. The van der Waals surface area contributed by atoms with Gasteiger partial charge in [0.25, 0.3) is 0 Å². The Morgan fingerprint density at radius 2 is 1.82 bits per heavy atom. The molecule has 0 bridgehead atoms. The minimum Gasteiger partial charge on any atom is -0.493 e. The number of benzene rings is 2. The van der Waals surface area contributed by atoms with Gasteiger partial charge in [0.2, 0.25) is 5.91 Å². The minimum absolute atomic E-state index is 0.0503. The summed E-state index contributed by atoms with van der Waals surface area (Å²) in [6, 6.07) is 12.8. The van der Waals surface area contributed by atoms with E-state index >= 15 is 0 Å². The Bertz CT molecular complexity index is 1300. The van der Waals surface area contributed by atoms with Gasteiger partial charge in [-0.3, -0.25) is 4.79 Å². The van der Waals surface area contributed by atoms with Gasteiger partial charge < -0.3 is 25.4 Å². The van der Waals surface area contributed by atoms with E-state index in [1.165, 1.54) is 16.7 Å². The van der Waals surface area contributed by atoms with E-state index in [0.29, 0.717) is 26.1 Å². The number of aromatic nitrogens is 1. The number of nitrogens with zero attached hydrogens (tertiary/aromatic N) is 2. The summed E-state index contributed by atoms with van der Waals surface area (Å²) < 4.78 is 6.30. The Kier molecular flexibility index (Phi) is 9.52. The van der Waals surface area contributed by atoms with Crippen molar-refractivity contribution in [1.29, 1.82) is 0 Å². The molecule has 3 N–H and O–H groups in total. The van der Waals surface area contributed by atoms with Crippen molar-refractivity contribution < 1.29 is 14.6 Å². The number of carbonyl (C=O) groups excluding carboxylic acids is 1. The molecule has 0 aliphatic carbocycles. The van der Waals surface area contributed by atoms with Crippen LogP contribution in [0.25, 0.3) is 21.7 Å². The summed E-state index contributed by atoms with van der Waals surface area (Å²) in [6.07, 6.45) is 7.86. The van der Waals surface area contributed by atoms with Crippen LogP contribution in [0.5, 0.6) is 5.75 Å². The fraction of sp³-hybridized carbons (Fsp3) is 0.500. The van der Waals surface area contributed by atoms with E-state index in [-0.39, 0.29) is 18.1 Å². The van der Waals surface area contributed by atoms with Crippen molar-refractivity contribution in [2.24, 2.45) is 0 Å². The number of thiazole rings is 1. The van der Waals surface area contributed by atoms with E-state index in [1.54, 1.807) is 11.3 Å². The number of hydrogen-bond donors (Lipinski definition) is 3. The fourth-order valence-corrected chi connectivity index (χ4v) is 7.05. The number of nitrogens with one attached hydrogen (secondary N) is 2. The Morgan fingerprint density at radius 1 is 1.07 bits per heavy atom. The van der Waals surface area contributed by atoms with Crippen molar-refractivity contribution >= 4 is 17.2 Å². The van der Waals surface area contributed by atoms with Gasteiger partial charge >= 0.3 is 0 Å². The number of piperidine rings is 2. The zero-order chi connectivity index (χ0) is 28.0. The van der Waals surface area contributed by atoms with E-state index in [0.717, 1.165) is 78.5 Å². The van der Waals surface area contributed by atoms with Crippen molar-refractivity contribution in [3.63, 3.8) is 0 Å². The van der Waals surface area contributed by atoms with Crippen LogP contribution >= 0.6 is 11.3 Å². The average Bonchev–Trinajstić information content (AvgIpc) is 3.42. The van der Waals surface area contributed by atoms with Gasteiger partial charge in [0, 0.05) is 61.3 Å². The molecule has 1 spiro atoms. The van der Waals surface area contributed by atoms with E-state index < -0.39 is 0 Å². The van der Waals surface area contributed by atoms with E-state index in [1.807, 2.05) is 6.20 Å². The largest absolute Gasteiger partial charge is 0.493 e. The van der Waals surface area contributed by atoms with Gasteiger partial charge in [-0.25, -0.2) is 4.98 Å². The van der Waals surface area contributed by atoms with Crippen LogP contribution in [0.1, 0.15) is 54.5 Å². The summed E-state index contributed by atoms with van der Waals surface area (Å²) in [6.45, 7) is 9.55. The van der Waals surface area contributed by atoms with Gasteiger partial charge in [-0.2, -0.15) is 0 Å². The molecule has 0 radical (unpaired) electrons. The molecule has 2 aliphatic heterocycles. The smallest absolute Gasteiger partial charge is 0.220 e. The van der Waals surface area contributed by atoms with E-state index in [9.17, 15) is 4.79 Å². The molecular formula is C32H42N4O3S. The number of rotatable bonds is 11. The fourth-order valence-electron chi connectivity index (χ4n) is 6.08. The van der Waals surface area contributed by atoms with Crippen molar-refractivity contribution in [2.45, 2.75) is 64.5 Å². The van der Waals surface area contributed by atoms with E-state index in [2.05, 4.69) is 70.8 Å². The maximum Gasteiger partial charge on any atom is 0.220 e. The highest BCUT2D eigenvalue weighted by atomic mass is 32.1. The summed E-state index contributed by atoms with van der Waals surface area (Å²) in [5.74, 6) is 1.17. The van der Waals surface area contributed by atoms with Crippen LogP contribution in [0, 0.1) is 13.8 Å². The number of ether oxygens (including phenoxy) is 1. The monoisotopic (exact) mass is 562 g/mol. The third kappa shape index (κ3) is 6.74. The van der Waals surface area contributed by atoms with Crippen LogP contribution in [0.15, 0.2) is 42.6 Å². The molecule has 3 aromatic rings. The number of aliphatic hydroxyl groups is 1. The Balaban J connectivity index is 1.18. The second-order valence-corrected chi connectivity index (χ2v) is 12.3. The predicted molar refractivity (Wildman–Crippen MR) is 162 cm³/mol. The molecule has 0 atom stereocenters.